The summed E-state index contributed by atoms with van der Waals surface area (Å²) < 4.78 is 1.90. The molecule has 0 fully saturated rings. The number of anilines is 1. The highest BCUT2D eigenvalue weighted by molar-refractivity contribution is 5.89. The second-order valence-electron chi connectivity index (χ2n) is 6.57. The summed E-state index contributed by atoms with van der Waals surface area (Å²) in [7, 11) is 6.00. The van der Waals surface area contributed by atoms with Gasteiger partial charge in [-0.05, 0) is 38.2 Å². The third-order valence-electron chi connectivity index (χ3n) is 4.41. The standard InChI is InChI=1S/C18H25N5O/c1-5-13-6-8-14(9-7-13)19-18(24)23-10-15-16(11-21(2)3)20-22(4)17(15)12-23/h6-9H,5,10-12H2,1-4H3,(H,19,24). The average molecular weight is 327 g/mol. The van der Waals surface area contributed by atoms with Gasteiger partial charge in [-0.1, -0.05) is 19.1 Å². The molecular formula is C18H25N5O. The van der Waals surface area contributed by atoms with Crippen LogP contribution in [0.25, 0.3) is 0 Å². The number of benzene rings is 1. The lowest BCUT2D eigenvalue weighted by atomic mass is 10.1. The van der Waals surface area contributed by atoms with Crippen molar-refractivity contribution in [3.8, 4) is 0 Å². The molecule has 2 aromatic rings. The van der Waals surface area contributed by atoms with Crippen molar-refractivity contribution in [1.82, 2.24) is 19.6 Å². The van der Waals surface area contributed by atoms with Gasteiger partial charge in [-0.15, -0.1) is 0 Å². The van der Waals surface area contributed by atoms with E-state index in [0.29, 0.717) is 13.1 Å². The van der Waals surface area contributed by atoms with E-state index >= 15 is 0 Å². The summed E-state index contributed by atoms with van der Waals surface area (Å²) in [6, 6.07) is 7.95. The Morgan fingerprint density at radius 2 is 1.96 bits per heavy atom. The predicted molar refractivity (Wildman–Crippen MR) is 94.7 cm³/mol. The highest BCUT2D eigenvalue weighted by Crippen LogP contribution is 2.26. The monoisotopic (exact) mass is 327 g/mol. The molecule has 1 aliphatic rings. The van der Waals surface area contributed by atoms with Crippen LogP contribution in [0, 0.1) is 0 Å². The van der Waals surface area contributed by atoms with Gasteiger partial charge >= 0.3 is 6.03 Å². The van der Waals surface area contributed by atoms with Crippen molar-refractivity contribution < 1.29 is 4.79 Å². The Bertz CT molecular complexity index is 733. The number of carbonyl (C=O) groups is 1. The lowest BCUT2D eigenvalue weighted by molar-refractivity contribution is 0.211. The quantitative estimate of drug-likeness (QED) is 0.939. The maximum atomic E-state index is 12.6. The first kappa shape index (κ1) is 16.5. The second kappa shape index (κ2) is 6.65. The zero-order valence-electron chi connectivity index (χ0n) is 14.8. The molecule has 6 heteroatoms. The SMILES string of the molecule is CCc1ccc(NC(=O)N2Cc3c(CN(C)C)nn(C)c3C2)cc1. The van der Waals surface area contributed by atoms with Crippen LogP contribution in [0.15, 0.2) is 24.3 Å². The summed E-state index contributed by atoms with van der Waals surface area (Å²) in [6.45, 7) is 4.13. The van der Waals surface area contributed by atoms with Crippen molar-refractivity contribution in [1.29, 1.82) is 0 Å². The summed E-state index contributed by atoms with van der Waals surface area (Å²) in [5.74, 6) is 0. The molecule has 0 radical (unpaired) electrons. The molecule has 0 spiro atoms. The lowest BCUT2D eigenvalue weighted by Crippen LogP contribution is -2.31. The number of hydrogen-bond donors (Lipinski definition) is 1. The van der Waals surface area contributed by atoms with Crippen LogP contribution >= 0.6 is 0 Å². The smallest absolute Gasteiger partial charge is 0.314 e. The van der Waals surface area contributed by atoms with Crippen LogP contribution in [0.3, 0.4) is 0 Å². The summed E-state index contributed by atoms with van der Waals surface area (Å²) in [5.41, 5.74) is 5.46. The van der Waals surface area contributed by atoms with Crippen LogP contribution in [0.5, 0.6) is 0 Å². The largest absolute Gasteiger partial charge is 0.322 e. The van der Waals surface area contributed by atoms with Gasteiger partial charge in [-0.25, -0.2) is 4.79 Å². The zero-order chi connectivity index (χ0) is 17.3. The fourth-order valence-electron chi connectivity index (χ4n) is 3.07. The van der Waals surface area contributed by atoms with Gasteiger partial charge in [0, 0.05) is 24.8 Å². The molecule has 1 aromatic carbocycles. The van der Waals surface area contributed by atoms with E-state index in [1.165, 1.54) is 11.1 Å². The normalized spacial score (nSPS) is 13.5. The minimum atomic E-state index is -0.0637. The first-order valence-corrected chi connectivity index (χ1v) is 8.31. The Hall–Kier alpha value is -2.34. The summed E-state index contributed by atoms with van der Waals surface area (Å²) in [5, 5.41) is 7.57. The molecule has 0 saturated heterocycles. The molecule has 1 aromatic heterocycles. The molecule has 3 rings (SSSR count). The van der Waals surface area contributed by atoms with E-state index < -0.39 is 0 Å². The fraction of sp³-hybridized carbons (Fsp3) is 0.444. The number of amides is 2. The first-order valence-electron chi connectivity index (χ1n) is 8.31. The van der Waals surface area contributed by atoms with Gasteiger partial charge in [0.1, 0.15) is 0 Å². The van der Waals surface area contributed by atoms with Crippen molar-refractivity contribution in [3.63, 3.8) is 0 Å². The van der Waals surface area contributed by atoms with Crippen LogP contribution in [-0.4, -0.2) is 39.7 Å². The van der Waals surface area contributed by atoms with Gasteiger partial charge in [0.05, 0.1) is 24.5 Å². The molecule has 0 aliphatic carbocycles. The predicted octanol–water partition coefficient (Wildman–Crippen LogP) is 2.59. The Balaban J connectivity index is 1.69. The minimum Gasteiger partial charge on any atom is -0.314 e. The topological polar surface area (TPSA) is 53.4 Å². The van der Waals surface area contributed by atoms with E-state index in [9.17, 15) is 4.79 Å². The third-order valence-corrected chi connectivity index (χ3v) is 4.41. The molecular weight excluding hydrogens is 302 g/mol. The number of fused-ring (bicyclic) bond motifs is 1. The van der Waals surface area contributed by atoms with Crippen LogP contribution < -0.4 is 5.32 Å². The van der Waals surface area contributed by atoms with Gasteiger partial charge in [-0.3, -0.25) is 4.68 Å². The molecule has 1 aliphatic heterocycles. The number of hydrogen-bond acceptors (Lipinski definition) is 3. The Morgan fingerprint density at radius 1 is 1.25 bits per heavy atom. The van der Waals surface area contributed by atoms with Crippen LogP contribution in [-0.2, 0) is 33.1 Å². The van der Waals surface area contributed by atoms with E-state index in [1.807, 2.05) is 55.0 Å². The Kier molecular flexibility index (Phi) is 4.57. The number of nitrogens with one attached hydrogen (secondary N) is 1. The van der Waals surface area contributed by atoms with E-state index in [4.69, 9.17) is 0 Å². The van der Waals surface area contributed by atoms with E-state index in [-0.39, 0.29) is 6.03 Å². The molecule has 0 unspecified atom stereocenters. The van der Waals surface area contributed by atoms with Gasteiger partial charge in [0.2, 0.25) is 0 Å². The number of urea groups is 1. The maximum Gasteiger partial charge on any atom is 0.322 e. The molecule has 1 N–H and O–H groups in total. The van der Waals surface area contributed by atoms with Crippen molar-refractivity contribution in [3.05, 3.63) is 46.8 Å². The van der Waals surface area contributed by atoms with Gasteiger partial charge < -0.3 is 15.1 Å². The zero-order valence-corrected chi connectivity index (χ0v) is 14.8. The summed E-state index contributed by atoms with van der Waals surface area (Å²) in [4.78, 5) is 16.5. The molecule has 6 nitrogen and oxygen atoms in total. The third kappa shape index (κ3) is 3.28. The first-order chi connectivity index (χ1) is 11.5. The van der Waals surface area contributed by atoms with Crippen molar-refractivity contribution in [2.24, 2.45) is 7.05 Å². The van der Waals surface area contributed by atoms with Crippen LogP contribution in [0.2, 0.25) is 0 Å². The molecule has 0 bridgehead atoms. The molecule has 0 saturated carbocycles. The fourth-order valence-corrected chi connectivity index (χ4v) is 3.07. The van der Waals surface area contributed by atoms with Gasteiger partial charge in [-0.2, -0.15) is 5.10 Å². The highest BCUT2D eigenvalue weighted by atomic mass is 16.2. The van der Waals surface area contributed by atoms with E-state index in [2.05, 4.69) is 22.2 Å². The van der Waals surface area contributed by atoms with Crippen LogP contribution in [0.1, 0.15) is 29.4 Å². The molecule has 0 atom stereocenters. The minimum absolute atomic E-state index is 0.0637. The van der Waals surface area contributed by atoms with Gasteiger partial charge in [0.15, 0.2) is 0 Å². The number of carbonyl (C=O) groups excluding carboxylic acids is 1. The van der Waals surface area contributed by atoms with E-state index in [0.717, 1.165) is 30.0 Å². The number of nitrogens with zero attached hydrogens (tertiary/aromatic N) is 4. The number of aromatic nitrogens is 2. The Morgan fingerprint density at radius 3 is 2.58 bits per heavy atom. The number of rotatable bonds is 4. The maximum absolute atomic E-state index is 12.6. The second-order valence-corrected chi connectivity index (χ2v) is 6.57. The van der Waals surface area contributed by atoms with Crippen molar-refractivity contribution in [2.45, 2.75) is 33.0 Å². The molecule has 24 heavy (non-hydrogen) atoms. The lowest BCUT2D eigenvalue weighted by Gasteiger charge is -2.17. The van der Waals surface area contributed by atoms with Crippen molar-refractivity contribution >= 4 is 11.7 Å². The average Bonchev–Trinajstić information content (AvgIpc) is 3.10. The molecule has 2 heterocycles. The molecule has 2 amide bonds. The number of aryl methyl sites for hydroxylation is 2. The van der Waals surface area contributed by atoms with Gasteiger partial charge in [0.25, 0.3) is 0 Å². The highest BCUT2D eigenvalue weighted by Gasteiger charge is 2.29. The Labute approximate surface area is 143 Å². The summed E-state index contributed by atoms with van der Waals surface area (Å²) in [6.07, 6.45) is 0.997. The van der Waals surface area contributed by atoms with Crippen molar-refractivity contribution in [2.75, 3.05) is 19.4 Å². The van der Waals surface area contributed by atoms with Crippen LogP contribution in [0.4, 0.5) is 10.5 Å². The summed E-state index contributed by atoms with van der Waals surface area (Å²) >= 11 is 0. The van der Waals surface area contributed by atoms with E-state index in [1.54, 1.807) is 0 Å². The molecule has 128 valence electrons.